The van der Waals surface area contributed by atoms with Crippen molar-refractivity contribution in [2.24, 2.45) is 0 Å². The van der Waals surface area contributed by atoms with Gasteiger partial charge in [0.15, 0.2) is 0 Å². The molecule has 158 valence electrons. The number of hydrogen-bond donors (Lipinski definition) is 0. The molecule has 2 aromatic carbocycles. The molecule has 0 N–H and O–H groups in total. The Bertz CT molecular complexity index is 753. The number of benzene rings is 2. The van der Waals surface area contributed by atoms with Crippen molar-refractivity contribution in [1.29, 1.82) is 0 Å². The molecule has 0 fully saturated rings. The lowest BCUT2D eigenvalue weighted by Gasteiger charge is -2.31. The van der Waals surface area contributed by atoms with Crippen molar-refractivity contribution in [2.45, 2.75) is 63.7 Å². The molecule has 1 aliphatic heterocycles. The third-order valence-electron chi connectivity index (χ3n) is 4.98. The minimum atomic E-state index is -0.287. The molecule has 0 atom stereocenters. The van der Waals surface area contributed by atoms with Gasteiger partial charge in [-0.25, -0.2) is 4.79 Å². The van der Waals surface area contributed by atoms with Crippen molar-refractivity contribution < 1.29 is 14.3 Å². The molecule has 0 saturated heterocycles. The zero-order valence-corrected chi connectivity index (χ0v) is 19.0. The van der Waals surface area contributed by atoms with Crippen molar-refractivity contribution in [2.75, 3.05) is 19.0 Å². The summed E-state index contributed by atoms with van der Waals surface area (Å²) in [6, 6.07) is 15.8. The molecular weight excluding hydrogens is 380 g/mol. The highest BCUT2D eigenvalue weighted by atomic mass is 32.2. The number of hydrogen-bond acceptors (Lipinski definition) is 4. The minimum absolute atomic E-state index is 0.287. The Hall–Kier alpha value is -1.94. The number of carbonyl (C=O) groups is 1. The van der Waals surface area contributed by atoms with Crippen LogP contribution in [0.25, 0.3) is 0 Å². The predicted octanol–water partition coefficient (Wildman–Crippen LogP) is 6.89. The van der Waals surface area contributed by atoms with Gasteiger partial charge in [0.05, 0.1) is 18.8 Å². The molecule has 1 aliphatic rings. The summed E-state index contributed by atoms with van der Waals surface area (Å²) in [6.07, 6.45) is 4.73. The summed E-state index contributed by atoms with van der Waals surface area (Å²) >= 11 is 1.99. The van der Waals surface area contributed by atoms with E-state index in [1.165, 1.54) is 35.5 Å². The second-order valence-corrected chi connectivity index (χ2v) is 8.92. The van der Waals surface area contributed by atoms with Crippen LogP contribution in [0.4, 0.5) is 0 Å². The Morgan fingerprint density at radius 1 is 1.03 bits per heavy atom. The van der Waals surface area contributed by atoms with Gasteiger partial charge in [-0.3, -0.25) is 0 Å². The van der Waals surface area contributed by atoms with Gasteiger partial charge in [-0.2, -0.15) is 0 Å². The second kappa shape index (κ2) is 11.9. The minimum Gasteiger partial charge on any atom is -0.494 e. The fourth-order valence-corrected chi connectivity index (χ4v) is 4.65. The monoisotopic (exact) mass is 414 g/mol. The number of unbranched alkanes of at least 4 members (excludes halogenated alkanes) is 2. The van der Waals surface area contributed by atoms with Gasteiger partial charge in [0.25, 0.3) is 0 Å². The summed E-state index contributed by atoms with van der Waals surface area (Å²) in [5.74, 6) is 1.78. The van der Waals surface area contributed by atoms with E-state index in [1.807, 2.05) is 11.8 Å². The van der Waals surface area contributed by atoms with Crippen LogP contribution >= 0.6 is 11.8 Å². The molecule has 3 nitrogen and oxygen atoms in total. The molecule has 0 radical (unpaired) electrons. The molecule has 1 heterocycles. The van der Waals surface area contributed by atoms with E-state index in [4.69, 9.17) is 9.47 Å². The van der Waals surface area contributed by atoms with Crippen LogP contribution in [0.15, 0.2) is 53.4 Å². The van der Waals surface area contributed by atoms with E-state index in [2.05, 4.69) is 45.0 Å². The second-order valence-electron chi connectivity index (χ2n) is 7.78. The molecule has 29 heavy (non-hydrogen) atoms. The van der Waals surface area contributed by atoms with Crippen LogP contribution < -0.4 is 4.74 Å². The first kappa shape index (κ1) is 23.3. The molecule has 0 spiro atoms. The smallest absolute Gasteiger partial charge is 0.338 e. The van der Waals surface area contributed by atoms with Crippen molar-refractivity contribution in [3.05, 3.63) is 59.7 Å². The van der Waals surface area contributed by atoms with Gasteiger partial charge in [0.2, 0.25) is 0 Å². The Kier molecular flexibility index (Phi) is 9.59. The summed E-state index contributed by atoms with van der Waals surface area (Å²) in [5, 5.41) is 0. The number of fused-ring (bicyclic) bond motifs is 1. The first-order chi connectivity index (χ1) is 14.0. The summed E-state index contributed by atoms with van der Waals surface area (Å²) < 4.78 is 10.5. The van der Waals surface area contributed by atoms with Crippen LogP contribution in [0.3, 0.4) is 0 Å². The van der Waals surface area contributed by atoms with Crippen LogP contribution in [-0.2, 0) is 10.2 Å². The third kappa shape index (κ3) is 7.43. The number of carbonyl (C=O) groups excluding carboxylic acids is 1. The number of esters is 1. The molecule has 0 unspecified atom stereocenters. The largest absolute Gasteiger partial charge is 0.494 e. The molecule has 4 heteroatoms. The van der Waals surface area contributed by atoms with Crippen LogP contribution in [0.1, 0.15) is 69.3 Å². The predicted molar refractivity (Wildman–Crippen MR) is 122 cm³/mol. The number of thioether (sulfide) groups is 1. The number of ether oxygens (including phenoxy) is 2. The zero-order valence-electron chi connectivity index (χ0n) is 18.2. The van der Waals surface area contributed by atoms with E-state index in [9.17, 15) is 4.79 Å². The average molecular weight is 415 g/mol. The molecule has 0 amide bonds. The maximum absolute atomic E-state index is 11.4. The first-order valence-corrected chi connectivity index (χ1v) is 11.6. The molecule has 0 aromatic heterocycles. The molecule has 0 saturated carbocycles. The highest BCUT2D eigenvalue weighted by molar-refractivity contribution is 7.99. The van der Waals surface area contributed by atoms with Crippen molar-refractivity contribution >= 4 is 17.7 Å². The van der Waals surface area contributed by atoms with Gasteiger partial charge in [0, 0.05) is 4.90 Å². The van der Waals surface area contributed by atoms with Crippen molar-refractivity contribution in [1.82, 2.24) is 0 Å². The van der Waals surface area contributed by atoms with Crippen LogP contribution in [0.5, 0.6) is 5.75 Å². The van der Waals surface area contributed by atoms with Crippen molar-refractivity contribution in [3.8, 4) is 5.75 Å². The summed E-state index contributed by atoms with van der Waals surface area (Å²) in [4.78, 5) is 12.9. The average Bonchev–Trinajstić information content (AvgIpc) is 2.72. The quantitative estimate of drug-likeness (QED) is 0.365. The van der Waals surface area contributed by atoms with Gasteiger partial charge >= 0.3 is 5.97 Å². The van der Waals surface area contributed by atoms with E-state index >= 15 is 0 Å². The van der Waals surface area contributed by atoms with E-state index in [-0.39, 0.29) is 5.97 Å². The van der Waals surface area contributed by atoms with E-state index < -0.39 is 0 Å². The van der Waals surface area contributed by atoms with Gasteiger partial charge in [-0.05, 0) is 66.8 Å². The Labute approximate surface area is 180 Å². The Balaban J connectivity index is 0.000000218. The fraction of sp³-hybridized carbons (Fsp3) is 0.480. The molecule has 3 rings (SSSR count). The van der Waals surface area contributed by atoms with Gasteiger partial charge in [0.1, 0.15) is 5.75 Å². The van der Waals surface area contributed by atoms with Crippen molar-refractivity contribution in [3.63, 3.8) is 0 Å². The van der Waals surface area contributed by atoms with Crippen LogP contribution in [-0.4, -0.2) is 24.9 Å². The molecular formula is C25H34O3S. The maximum atomic E-state index is 11.4. The summed E-state index contributed by atoms with van der Waals surface area (Å²) in [7, 11) is 0. The SMILES string of the molecule is CC1(C)CCSc2ccccc21.CCCCCOc1ccc(C(=O)OCC)cc1. The summed E-state index contributed by atoms with van der Waals surface area (Å²) in [5.41, 5.74) is 2.48. The van der Waals surface area contributed by atoms with Gasteiger partial charge in [-0.15, -0.1) is 11.8 Å². The molecule has 2 aromatic rings. The van der Waals surface area contributed by atoms with Gasteiger partial charge < -0.3 is 9.47 Å². The normalized spacial score (nSPS) is 14.2. The van der Waals surface area contributed by atoms with Crippen LogP contribution in [0.2, 0.25) is 0 Å². The third-order valence-corrected chi connectivity index (χ3v) is 6.06. The lowest BCUT2D eigenvalue weighted by molar-refractivity contribution is 0.0526. The Morgan fingerprint density at radius 2 is 1.76 bits per heavy atom. The van der Waals surface area contributed by atoms with E-state index in [1.54, 1.807) is 31.2 Å². The Morgan fingerprint density at radius 3 is 2.41 bits per heavy atom. The van der Waals surface area contributed by atoms with E-state index in [0.29, 0.717) is 17.6 Å². The zero-order chi connectivity index (χ0) is 21.1. The van der Waals surface area contributed by atoms with Crippen LogP contribution in [0, 0.1) is 0 Å². The molecule has 0 aliphatic carbocycles. The molecule has 0 bridgehead atoms. The highest BCUT2D eigenvalue weighted by Gasteiger charge is 2.26. The first-order valence-electron chi connectivity index (χ1n) is 10.6. The lowest BCUT2D eigenvalue weighted by Crippen LogP contribution is -2.22. The topological polar surface area (TPSA) is 35.5 Å². The lowest BCUT2D eigenvalue weighted by atomic mass is 9.82. The standard InChI is InChI=1S/C14H20O3.C11H14S/c1-3-5-6-11-17-13-9-7-12(8-10-13)14(15)16-4-2;1-11(2)7-8-12-10-6-4-3-5-9(10)11/h7-10H,3-6,11H2,1-2H3;3-6H,7-8H2,1-2H3. The van der Waals surface area contributed by atoms with E-state index in [0.717, 1.165) is 18.8 Å². The highest BCUT2D eigenvalue weighted by Crippen LogP contribution is 2.40. The van der Waals surface area contributed by atoms with Gasteiger partial charge in [-0.1, -0.05) is 51.8 Å². The fourth-order valence-electron chi connectivity index (χ4n) is 3.15. The maximum Gasteiger partial charge on any atom is 0.338 e. The number of rotatable bonds is 7. The summed E-state index contributed by atoms with van der Waals surface area (Å²) in [6.45, 7) is 9.76.